The molecule has 2 aliphatic rings. The molecule has 1 spiro atoms. The molecule has 1 aromatic heterocycles. The first-order chi connectivity index (χ1) is 13.0. The zero-order valence-electron chi connectivity index (χ0n) is 15.5. The summed E-state index contributed by atoms with van der Waals surface area (Å²) in [6.45, 7) is 1.44. The minimum atomic E-state index is -0.578. The fraction of sp³-hybridized carbons (Fsp3) is 0.350. The number of aromatic nitrogens is 1. The number of para-hydroxylation sites is 2. The number of rotatable bonds is 2. The van der Waals surface area contributed by atoms with E-state index in [0.717, 1.165) is 30.3 Å². The largest absolute Gasteiger partial charge is 0.369 e. The average molecular weight is 365 g/mol. The number of nitrogens with one attached hydrogen (secondary N) is 2. The maximum absolute atomic E-state index is 12.7. The Hall–Kier alpha value is -3.09. The predicted octanol–water partition coefficient (Wildman–Crippen LogP) is 2.19. The summed E-state index contributed by atoms with van der Waals surface area (Å²) in [7, 11) is 3.45. The average Bonchev–Trinajstić information content (AvgIpc) is 2.69. The van der Waals surface area contributed by atoms with Crippen LogP contribution in [0.5, 0.6) is 0 Å². The molecule has 2 aliphatic heterocycles. The van der Waals surface area contributed by atoms with Crippen molar-refractivity contribution in [2.24, 2.45) is 0 Å². The first-order valence-electron chi connectivity index (χ1n) is 9.10. The van der Waals surface area contributed by atoms with Crippen LogP contribution in [0.4, 0.5) is 17.2 Å². The predicted molar refractivity (Wildman–Crippen MR) is 105 cm³/mol. The fourth-order valence-electron chi connectivity index (χ4n) is 3.69. The molecule has 0 unspecified atom stereocenters. The van der Waals surface area contributed by atoms with Crippen molar-refractivity contribution in [1.82, 2.24) is 9.88 Å². The van der Waals surface area contributed by atoms with Crippen molar-refractivity contribution in [2.75, 3.05) is 42.7 Å². The maximum Gasteiger partial charge on any atom is 0.254 e. The third kappa shape index (κ3) is 3.09. The van der Waals surface area contributed by atoms with Crippen molar-refractivity contribution in [3.8, 4) is 0 Å². The molecule has 1 saturated heterocycles. The monoisotopic (exact) mass is 365 g/mol. The number of fused-ring (bicyclic) bond motifs is 1. The zero-order valence-corrected chi connectivity index (χ0v) is 15.5. The van der Waals surface area contributed by atoms with Gasteiger partial charge in [-0.15, -0.1) is 0 Å². The molecule has 0 aliphatic carbocycles. The first kappa shape index (κ1) is 17.3. The van der Waals surface area contributed by atoms with Crippen LogP contribution in [-0.2, 0) is 4.79 Å². The van der Waals surface area contributed by atoms with Crippen LogP contribution >= 0.6 is 0 Å². The summed E-state index contributed by atoms with van der Waals surface area (Å²) in [5.41, 5.74) is 1.79. The second kappa shape index (κ2) is 6.57. The molecule has 7 nitrogen and oxygen atoms in total. The van der Waals surface area contributed by atoms with E-state index in [4.69, 9.17) is 0 Å². The van der Waals surface area contributed by atoms with Gasteiger partial charge >= 0.3 is 0 Å². The minimum Gasteiger partial charge on any atom is -0.369 e. The first-order valence-corrected chi connectivity index (χ1v) is 9.10. The number of hydrogen-bond acceptors (Lipinski definition) is 5. The van der Waals surface area contributed by atoms with E-state index < -0.39 is 5.54 Å². The summed E-state index contributed by atoms with van der Waals surface area (Å²) in [5, 5.41) is 6.49. The van der Waals surface area contributed by atoms with E-state index >= 15 is 0 Å². The summed E-state index contributed by atoms with van der Waals surface area (Å²) >= 11 is 0. The lowest BCUT2D eigenvalue weighted by atomic mass is 9.84. The van der Waals surface area contributed by atoms with Gasteiger partial charge in [-0.3, -0.25) is 9.59 Å². The van der Waals surface area contributed by atoms with Gasteiger partial charge < -0.3 is 20.4 Å². The highest BCUT2D eigenvalue weighted by Crippen LogP contribution is 2.36. The van der Waals surface area contributed by atoms with Crippen LogP contribution in [0, 0.1) is 0 Å². The van der Waals surface area contributed by atoms with Gasteiger partial charge in [0.05, 0.1) is 16.9 Å². The summed E-state index contributed by atoms with van der Waals surface area (Å²) < 4.78 is 0. The van der Waals surface area contributed by atoms with Crippen LogP contribution in [0.3, 0.4) is 0 Å². The van der Waals surface area contributed by atoms with Crippen molar-refractivity contribution in [3.05, 3.63) is 48.2 Å². The van der Waals surface area contributed by atoms with Crippen molar-refractivity contribution < 1.29 is 9.59 Å². The van der Waals surface area contributed by atoms with Crippen LogP contribution in [0.15, 0.2) is 42.6 Å². The highest BCUT2D eigenvalue weighted by molar-refractivity contribution is 6.06. The summed E-state index contributed by atoms with van der Waals surface area (Å²) in [6, 6.07) is 11.5. The summed E-state index contributed by atoms with van der Waals surface area (Å²) in [4.78, 5) is 32.8. The quantitative estimate of drug-likeness (QED) is 0.853. The lowest BCUT2D eigenvalue weighted by Crippen LogP contribution is -2.58. The number of nitrogens with zero attached hydrogens (tertiary/aromatic N) is 3. The standard InChI is InChI=1S/C20H23N5O2/c1-24(2)18(26)14-7-8-17(21-13-14)25-11-9-20(10-12-25)19(27)22-15-5-3-4-6-16(15)23-20/h3-8,13,23H,9-12H2,1-2H3,(H,22,27). The fourth-order valence-corrected chi connectivity index (χ4v) is 3.69. The Labute approximate surface area is 158 Å². The third-order valence-corrected chi connectivity index (χ3v) is 5.33. The Kier molecular flexibility index (Phi) is 4.22. The van der Waals surface area contributed by atoms with Crippen LogP contribution in [0.1, 0.15) is 23.2 Å². The molecule has 7 heteroatoms. The molecule has 1 fully saturated rings. The van der Waals surface area contributed by atoms with Crippen molar-refractivity contribution in [1.29, 1.82) is 0 Å². The van der Waals surface area contributed by atoms with Crippen LogP contribution < -0.4 is 15.5 Å². The van der Waals surface area contributed by atoms with Gasteiger partial charge in [0, 0.05) is 33.4 Å². The highest BCUT2D eigenvalue weighted by Gasteiger charge is 2.44. The number of carbonyl (C=O) groups excluding carboxylic acids is 2. The topological polar surface area (TPSA) is 77.6 Å². The highest BCUT2D eigenvalue weighted by atomic mass is 16.2. The molecular weight excluding hydrogens is 342 g/mol. The van der Waals surface area contributed by atoms with E-state index in [1.54, 1.807) is 26.4 Å². The molecule has 0 atom stereocenters. The number of piperidine rings is 1. The molecule has 4 rings (SSSR count). The Bertz CT molecular complexity index is 870. The number of amides is 2. The summed E-state index contributed by atoms with van der Waals surface area (Å²) in [6.07, 6.45) is 2.99. The number of carbonyl (C=O) groups is 2. The number of benzene rings is 1. The second-order valence-electron chi connectivity index (χ2n) is 7.30. The molecule has 27 heavy (non-hydrogen) atoms. The number of anilines is 3. The Morgan fingerprint density at radius 3 is 2.44 bits per heavy atom. The van der Waals surface area contributed by atoms with Crippen LogP contribution in [0.2, 0.25) is 0 Å². The van der Waals surface area contributed by atoms with Gasteiger partial charge in [-0.25, -0.2) is 4.98 Å². The zero-order chi connectivity index (χ0) is 19.0. The number of hydrogen-bond donors (Lipinski definition) is 2. The molecule has 140 valence electrons. The Morgan fingerprint density at radius 1 is 1.11 bits per heavy atom. The van der Waals surface area contributed by atoms with Crippen molar-refractivity contribution >= 4 is 29.0 Å². The third-order valence-electron chi connectivity index (χ3n) is 5.33. The van der Waals surface area contributed by atoms with E-state index in [0.29, 0.717) is 18.4 Å². The molecule has 2 N–H and O–H groups in total. The van der Waals surface area contributed by atoms with Gasteiger partial charge in [0.2, 0.25) is 5.91 Å². The normalized spacial score (nSPS) is 17.7. The minimum absolute atomic E-state index is 0.0285. The molecule has 0 saturated carbocycles. The van der Waals surface area contributed by atoms with Crippen LogP contribution in [-0.4, -0.2) is 54.4 Å². The molecule has 3 heterocycles. The summed E-state index contributed by atoms with van der Waals surface area (Å²) in [5.74, 6) is 0.797. The van der Waals surface area contributed by atoms with Gasteiger partial charge in [0.25, 0.3) is 5.91 Å². The van der Waals surface area contributed by atoms with Gasteiger partial charge in [0.1, 0.15) is 11.4 Å². The molecule has 0 bridgehead atoms. The van der Waals surface area contributed by atoms with E-state index in [-0.39, 0.29) is 11.8 Å². The van der Waals surface area contributed by atoms with Gasteiger partial charge in [-0.05, 0) is 37.1 Å². The lowest BCUT2D eigenvalue weighted by Gasteiger charge is -2.44. The molecule has 2 aromatic rings. The number of pyridine rings is 1. The van der Waals surface area contributed by atoms with Gasteiger partial charge in [-0.1, -0.05) is 12.1 Å². The van der Waals surface area contributed by atoms with Gasteiger partial charge in [0.15, 0.2) is 0 Å². The SMILES string of the molecule is CN(C)C(=O)c1ccc(N2CCC3(CC2)Nc2ccccc2NC3=O)nc1. The van der Waals surface area contributed by atoms with Crippen LogP contribution in [0.25, 0.3) is 0 Å². The van der Waals surface area contributed by atoms with Crippen molar-refractivity contribution in [3.63, 3.8) is 0 Å². The van der Waals surface area contributed by atoms with E-state index in [9.17, 15) is 9.59 Å². The molecule has 1 aromatic carbocycles. The Morgan fingerprint density at radius 2 is 1.81 bits per heavy atom. The van der Waals surface area contributed by atoms with Gasteiger partial charge in [-0.2, -0.15) is 0 Å². The second-order valence-corrected chi connectivity index (χ2v) is 7.30. The molecule has 0 radical (unpaired) electrons. The smallest absolute Gasteiger partial charge is 0.254 e. The molecular formula is C20H23N5O2. The van der Waals surface area contributed by atoms with Crippen molar-refractivity contribution in [2.45, 2.75) is 18.4 Å². The van der Waals surface area contributed by atoms with E-state index in [1.807, 2.05) is 30.3 Å². The Balaban J connectivity index is 1.46. The van der Waals surface area contributed by atoms with E-state index in [2.05, 4.69) is 20.5 Å². The van der Waals surface area contributed by atoms with E-state index in [1.165, 1.54) is 4.90 Å². The lowest BCUT2D eigenvalue weighted by molar-refractivity contribution is -0.121. The maximum atomic E-state index is 12.7. The molecule has 2 amide bonds.